The normalized spacial score (nSPS) is 32.3. The number of Topliss-reactive ketones (excluding diaryl/α,β-unsaturated/α-hetero) is 1. The van der Waals surface area contributed by atoms with Crippen molar-refractivity contribution in [3.63, 3.8) is 0 Å². The molecular weight excluding hydrogens is 810 g/mol. The van der Waals surface area contributed by atoms with Gasteiger partial charge in [-0.25, -0.2) is 14.4 Å². The van der Waals surface area contributed by atoms with Gasteiger partial charge in [-0.2, -0.15) is 0 Å². The molecule has 1 aliphatic heterocycles. The van der Waals surface area contributed by atoms with E-state index in [0.717, 1.165) is 6.92 Å². The summed E-state index contributed by atoms with van der Waals surface area (Å²) in [4.78, 5) is 69.6. The van der Waals surface area contributed by atoms with Crippen LogP contribution in [0.15, 0.2) is 59.7 Å². The lowest BCUT2D eigenvalue weighted by molar-refractivity contribution is -0.346. The Labute approximate surface area is 359 Å². The summed E-state index contributed by atoms with van der Waals surface area (Å²) in [7, 11) is 1.40. The number of fused-ring (bicyclic) bond motifs is 5. The number of carbonyl (C=O) groups is 5. The summed E-state index contributed by atoms with van der Waals surface area (Å²) in [6.45, 7) is 11.2. The summed E-state index contributed by atoms with van der Waals surface area (Å²) in [6.07, 6.45) is -12.0. The molecule has 62 heavy (non-hydrogen) atoms. The number of ketones is 1. The lowest BCUT2D eigenvalue weighted by Crippen LogP contribution is -2.81. The van der Waals surface area contributed by atoms with E-state index >= 15 is 4.79 Å². The Hall–Kier alpha value is -4.91. The SMILES string of the molecule is COc1cccc(C(=O)O[C@H]2[C@@H]3[C@]4(OC(C)=O)CO[C@@H]4C[C@H](O)[C@@]3(C)C(=O)[C@H](O)C3=C(C)[C@@H](OC(=O)[C@H](O)[C@@H](NC(=O)OC(C)(C)C)c4cccc(CO)c4)C[C@]2(O)C3(C)C)c1. The highest BCUT2D eigenvalue weighted by Gasteiger charge is 2.78. The molecule has 11 atom stereocenters. The second-order valence-corrected chi connectivity index (χ2v) is 18.4. The summed E-state index contributed by atoms with van der Waals surface area (Å²) in [6, 6.07) is 10.6. The van der Waals surface area contributed by atoms with E-state index in [9.17, 15) is 44.7 Å². The zero-order valence-electron chi connectivity index (χ0n) is 36.3. The van der Waals surface area contributed by atoms with Crippen LogP contribution >= 0.6 is 0 Å². The molecule has 17 heteroatoms. The predicted octanol–water partition coefficient (Wildman–Crippen LogP) is 2.76. The van der Waals surface area contributed by atoms with Crippen molar-refractivity contribution in [2.75, 3.05) is 13.7 Å². The molecule has 0 radical (unpaired) electrons. The van der Waals surface area contributed by atoms with Crippen molar-refractivity contribution in [3.05, 3.63) is 76.4 Å². The molecule has 2 aromatic rings. The first-order valence-corrected chi connectivity index (χ1v) is 20.4. The van der Waals surface area contributed by atoms with Crippen molar-refractivity contribution < 1.29 is 77.9 Å². The fourth-order valence-electron chi connectivity index (χ4n) is 9.96. The number of benzene rings is 2. The first kappa shape index (κ1) is 46.6. The number of esters is 3. The number of carbonyl (C=O) groups excluding carboxylic acids is 5. The van der Waals surface area contributed by atoms with Crippen LogP contribution in [-0.2, 0) is 44.7 Å². The van der Waals surface area contributed by atoms with Gasteiger partial charge in [-0.15, -0.1) is 0 Å². The van der Waals surface area contributed by atoms with Crippen LogP contribution in [0.3, 0.4) is 0 Å². The smallest absolute Gasteiger partial charge is 0.408 e. The average Bonchev–Trinajstić information content (AvgIpc) is 3.20. The van der Waals surface area contributed by atoms with Crippen molar-refractivity contribution in [1.29, 1.82) is 0 Å². The maximum Gasteiger partial charge on any atom is 0.408 e. The van der Waals surface area contributed by atoms with Crippen LogP contribution in [0, 0.1) is 16.7 Å². The van der Waals surface area contributed by atoms with Crippen molar-refractivity contribution in [3.8, 4) is 5.75 Å². The Balaban J connectivity index is 1.50. The van der Waals surface area contributed by atoms with Crippen molar-refractivity contribution in [2.24, 2.45) is 16.7 Å². The maximum absolute atomic E-state index is 15.0. The minimum absolute atomic E-state index is 0.0252. The van der Waals surface area contributed by atoms with E-state index in [4.69, 9.17) is 28.4 Å². The fraction of sp³-hybridized carbons (Fsp3) is 0.578. The molecule has 1 amide bonds. The standard InChI is InChI=1S/C45H57NO16/c1-22-28(59-39(54)34(51)32(46-40(55)62-41(3,4)5)25-13-10-12-24(16-25)20-47)19-45(56)37(60-38(53)26-14-11-15-27(17-26)57-9)35-43(8,36(52)33(50)31(22)42(45,6)7)29(49)18-30-44(35,21-58-30)61-23(2)48/h10-17,28-30,32-35,37,47,49-51,56H,18-21H2,1-9H3,(H,46,55)/t28-,29-,30+,32-,33+,34+,35-,37-,43+,44-,45+/m0/s1. The Bertz CT molecular complexity index is 2140. The molecule has 0 spiro atoms. The molecule has 3 aliphatic carbocycles. The Morgan fingerprint density at radius 2 is 1.69 bits per heavy atom. The van der Waals surface area contributed by atoms with E-state index in [0.29, 0.717) is 11.3 Å². The zero-order chi connectivity index (χ0) is 45.9. The van der Waals surface area contributed by atoms with E-state index in [2.05, 4.69) is 5.32 Å². The molecule has 6 N–H and O–H groups in total. The minimum atomic E-state index is -2.42. The predicted molar refractivity (Wildman–Crippen MR) is 216 cm³/mol. The summed E-state index contributed by atoms with van der Waals surface area (Å²) >= 11 is 0. The zero-order valence-corrected chi connectivity index (χ0v) is 36.3. The highest BCUT2D eigenvalue weighted by molar-refractivity contribution is 5.94. The average molecular weight is 868 g/mol. The van der Waals surface area contributed by atoms with Crippen molar-refractivity contribution in [1.82, 2.24) is 5.32 Å². The molecule has 17 nitrogen and oxygen atoms in total. The molecule has 2 bridgehead atoms. The third-order valence-corrected chi connectivity index (χ3v) is 13.2. The third-order valence-electron chi connectivity index (χ3n) is 13.2. The Kier molecular flexibility index (Phi) is 12.5. The van der Waals surface area contributed by atoms with Crippen molar-refractivity contribution in [2.45, 2.75) is 134 Å². The molecule has 1 heterocycles. The molecule has 4 aliphatic rings. The number of aliphatic hydroxyl groups excluding tert-OH is 4. The van der Waals surface area contributed by atoms with E-state index in [1.54, 1.807) is 39.0 Å². The number of amides is 1. The monoisotopic (exact) mass is 867 g/mol. The molecule has 1 saturated heterocycles. The van der Waals surface area contributed by atoms with Crippen LogP contribution in [0.4, 0.5) is 4.79 Å². The molecular formula is C45H57NO16. The van der Waals surface area contributed by atoms with Gasteiger partial charge in [-0.3, -0.25) is 9.59 Å². The van der Waals surface area contributed by atoms with Crippen LogP contribution in [0.25, 0.3) is 0 Å². The van der Waals surface area contributed by atoms with Crippen molar-refractivity contribution >= 4 is 29.8 Å². The second-order valence-electron chi connectivity index (χ2n) is 18.4. The maximum atomic E-state index is 15.0. The molecule has 2 aromatic carbocycles. The number of rotatable bonds is 10. The summed E-state index contributed by atoms with van der Waals surface area (Å²) < 4.78 is 34.9. The van der Waals surface area contributed by atoms with Crippen LogP contribution in [0.1, 0.15) is 95.8 Å². The van der Waals surface area contributed by atoms with Crippen LogP contribution in [0.2, 0.25) is 0 Å². The summed E-state index contributed by atoms with van der Waals surface area (Å²) in [5.41, 5.74) is -8.34. The van der Waals surface area contributed by atoms with Gasteiger partial charge in [0.25, 0.3) is 0 Å². The first-order valence-electron chi connectivity index (χ1n) is 20.4. The highest BCUT2D eigenvalue weighted by atomic mass is 16.6. The van der Waals surface area contributed by atoms with Gasteiger partial charge in [0, 0.05) is 25.2 Å². The van der Waals surface area contributed by atoms with Gasteiger partial charge >= 0.3 is 24.0 Å². The van der Waals surface area contributed by atoms with Gasteiger partial charge in [0.05, 0.1) is 49.4 Å². The summed E-state index contributed by atoms with van der Waals surface area (Å²) in [5, 5.41) is 61.8. The number of aliphatic hydroxyl groups is 5. The molecule has 0 aromatic heterocycles. The van der Waals surface area contributed by atoms with Crippen LogP contribution in [-0.4, -0.2) is 122 Å². The number of hydrogen-bond donors (Lipinski definition) is 6. The second kappa shape index (κ2) is 16.7. The summed E-state index contributed by atoms with van der Waals surface area (Å²) in [5.74, 6) is -5.33. The minimum Gasteiger partial charge on any atom is -0.497 e. The van der Waals surface area contributed by atoms with Gasteiger partial charge < -0.3 is 59.3 Å². The first-order chi connectivity index (χ1) is 28.9. The van der Waals surface area contributed by atoms with E-state index in [1.165, 1.54) is 65.1 Å². The number of ether oxygens (including phenoxy) is 6. The lowest BCUT2D eigenvalue weighted by Gasteiger charge is -2.67. The highest BCUT2D eigenvalue weighted by Crippen LogP contribution is 2.64. The number of nitrogens with one attached hydrogen (secondary N) is 1. The van der Waals surface area contributed by atoms with E-state index in [-0.39, 0.29) is 35.3 Å². The van der Waals surface area contributed by atoms with Crippen LogP contribution in [0.5, 0.6) is 5.75 Å². The number of alkyl carbamates (subject to hydrolysis) is 1. The number of methoxy groups -OCH3 is 1. The lowest BCUT2D eigenvalue weighted by atomic mass is 9.44. The van der Waals surface area contributed by atoms with E-state index < -0.39 is 119 Å². The molecule has 2 saturated carbocycles. The van der Waals surface area contributed by atoms with Gasteiger partial charge in [-0.1, -0.05) is 44.2 Å². The van der Waals surface area contributed by atoms with Crippen LogP contribution < -0.4 is 10.1 Å². The van der Waals surface area contributed by atoms with Gasteiger partial charge in [0.2, 0.25) is 0 Å². The van der Waals surface area contributed by atoms with E-state index in [1.807, 2.05) is 0 Å². The van der Waals surface area contributed by atoms with Gasteiger partial charge in [0.1, 0.15) is 41.4 Å². The molecule has 0 unspecified atom stereocenters. The topological polar surface area (TPSA) is 254 Å². The Morgan fingerprint density at radius 3 is 2.29 bits per heavy atom. The van der Waals surface area contributed by atoms with Gasteiger partial charge in [0.15, 0.2) is 17.5 Å². The Morgan fingerprint density at radius 1 is 1.02 bits per heavy atom. The quantitative estimate of drug-likeness (QED) is 0.114. The molecule has 338 valence electrons. The largest absolute Gasteiger partial charge is 0.497 e. The molecule has 3 fully saturated rings. The molecule has 6 rings (SSSR count). The number of hydrogen-bond acceptors (Lipinski definition) is 16. The fourth-order valence-corrected chi connectivity index (χ4v) is 9.96. The third kappa shape index (κ3) is 7.87. The van der Waals surface area contributed by atoms with Gasteiger partial charge in [-0.05, 0) is 75.1 Å².